The Morgan fingerprint density at radius 1 is 1.27 bits per heavy atom. The summed E-state index contributed by atoms with van der Waals surface area (Å²) in [5.41, 5.74) is 1.76. The fourth-order valence-electron chi connectivity index (χ4n) is 3.73. The molecule has 0 aliphatic carbocycles. The van der Waals surface area contributed by atoms with Gasteiger partial charge in [-0.1, -0.05) is 29.8 Å². The van der Waals surface area contributed by atoms with Crippen LogP contribution in [-0.4, -0.2) is 66.0 Å². The zero-order valence-electron chi connectivity index (χ0n) is 14.7. The molecule has 4 rings (SSSR count). The Hall–Kier alpha value is -1.47. The number of rotatable bonds is 4. The minimum atomic E-state index is 0.179. The number of aromatic nitrogens is 1. The van der Waals surface area contributed by atoms with Crippen LogP contribution >= 0.6 is 22.9 Å². The third kappa shape index (κ3) is 3.93. The van der Waals surface area contributed by atoms with E-state index in [1.807, 2.05) is 34.5 Å². The molecular formula is C19H23ClN4OS. The van der Waals surface area contributed by atoms with Crippen molar-refractivity contribution < 1.29 is 4.79 Å². The number of benzene rings is 1. The fourth-order valence-corrected chi connectivity index (χ4v) is 4.87. The first kappa shape index (κ1) is 17.9. The van der Waals surface area contributed by atoms with E-state index in [1.165, 1.54) is 0 Å². The van der Waals surface area contributed by atoms with Gasteiger partial charge < -0.3 is 10.2 Å². The van der Waals surface area contributed by atoms with E-state index < -0.39 is 0 Å². The van der Waals surface area contributed by atoms with E-state index in [2.05, 4.69) is 15.2 Å². The monoisotopic (exact) mass is 390 g/mol. The van der Waals surface area contributed by atoms with Gasteiger partial charge in [0.1, 0.15) is 5.01 Å². The number of piperazine rings is 1. The number of carbonyl (C=O) groups excluding carboxylic acids is 1. The van der Waals surface area contributed by atoms with Crippen molar-refractivity contribution in [2.24, 2.45) is 0 Å². The highest BCUT2D eigenvalue weighted by Crippen LogP contribution is 2.30. The van der Waals surface area contributed by atoms with Gasteiger partial charge in [-0.25, -0.2) is 4.98 Å². The average molecular weight is 391 g/mol. The van der Waals surface area contributed by atoms with Crippen LogP contribution in [0.15, 0.2) is 29.6 Å². The SMILES string of the molecule is O=C(Cc1csc(-c2ccccc2Cl)n1)N1CCC(N2CCNCC2)C1. The van der Waals surface area contributed by atoms with Gasteiger partial charge in [-0.2, -0.15) is 0 Å². The number of likely N-dealkylation sites (tertiary alicyclic amines) is 1. The molecule has 1 N–H and O–H groups in total. The van der Waals surface area contributed by atoms with Crippen LogP contribution in [0.2, 0.25) is 5.02 Å². The van der Waals surface area contributed by atoms with Crippen LogP contribution in [0.5, 0.6) is 0 Å². The maximum Gasteiger partial charge on any atom is 0.228 e. The minimum absolute atomic E-state index is 0.179. The normalized spacial score (nSPS) is 21.3. The summed E-state index contributed by atoms with van der Waals surface area (Å²) in [6.45, 7) is 5.97. The van der Waals surface area contributed by atoms with Gasteiger partial charge in [-0.3, -0.25) is 9.69 Å². The third-order valence-corrected chi connectivity index (χ3v) is 6.43. The molecule has 2 saturated heterocycles. The summed E-state index contributed by atoms with van der Waals surface area (Å²) >= 11 is 7.79. The summed E-state index contributed by atoms with van der Waals surface area (Å²) in [7, 11) is 0. The summed E-state index contributed by atoms with van der Waals surface area (Å²) in [5, 5.41) is 6.92. The minimum Gasteiger partial charge on any atom is -0.341 e. The highest BCUT2D eigenvalue weighted by Gasteiger charge is 2.31. The first-order valence-corrected chi connectivity index (χ1v) is 10.4. The summed E-state index contributed by atoms with van der Waals surface area (Å²) in [6, 6.07) is 8.20. The molecule has 5 nitrogen and oxygen atoms in total. The number of hydrogen-bond donors (Lipinski definition) is 1. The molecule has 3 heterocycles. The van der Waals surface area contributed by atoms with Gasteiger partial charge in [0.25, 0.3) is 0 Å². The van der Waals surface area contributed by atoms with E-state index in [4.69, 9.17) is 11.6 Å². The lowest BCUT2D eigenvalue weighted by molar-refractivity contribution is -0.129. The summed E-state index contributed by atoms with van der Waals surface area (Å²) < 4.78 is 0. The lowest BCUT2D eigenvalue weighted by Crippen LogP contribution is -2.49. The Labute approximate surface area is 163 Å². The maximum absolute atomic E-state index is 12.7. The molecule has 7 heteroatoms. The van der Waals surface area contributed by atoms with E-state index in [0.717, 1.165) is 62.0 Å². The average Bonchev–Trinajstić information content (AvgIpc) is 3.33. The van der Waals surface area contributed by atoms with Crippen LogP contribution in [0.3, 0.4) is 0 Å². The van der Waals surface area contributed by atoms with Crippen molar-refractivity contribution in [3.05, 3.63) is 40.4 Å². The number of thiazole rings is 1. The van der Waals surface area contributed by atoms with Crippen LogP contribution in [0.25, 0.3) is 10.6 Å². The molecule has 2 aliphatic rings. The van der Waals surface area contributed by atoms with E-state index >= 15 is 0 Å². The van der Waals surface area contributed by atoms with Crippen molar-refractivity contribution in [3.8, 4) is 10.6 Å². The van der Waals surface area contributed by atoms with Crippen molar-refractivity contribution in [1.29, 1.82) is 0 Å². The van der Waals surface area contributed by atoms with Gasteiger partial charge in [0.2, 0.25) is 5.91 Å². The number of nitrogens with one attached hydrogen (secondary N) is 1. The maximum atomic E-state index is 12.7. The largest absolute Gasteiger partial charge is 0.341 e. The molecule has 1 aromatic heterocycles. The van der Waals surface area contributed by atoms with Crippen LogP contribution < -0.4 is 5.32 Å². The second-order valence-electron chi connectivity index (χ2n) is 6.87. The van der Waals surface area contributed by atoms with Crippen LogP contribution in [0.1, 0.15) is 12.1 Å². The van der Waals surface area contributed by atoms with Gasteiger partial charge >= 0.3 is 0 Å². The smallest absolute Gasteiger partial charge is 0.228 e. The fraction of sp³-hybridized carbons (Fsp3) is 0.474. The van der Waals surface area contributed by atoms with Crippen molar-refractivity contribution in [1.82, 2.24) is 20.1 Å². The molecule has 0 spiro atoms. The first-order valence-electron chi connectivity index (χ1n) is 9.12. The molecule has 2 aromatic rings. The van der Waals surface area contributed by atoms with E-state index in [1.54, 1.807) is 11.3 Å². The Balaban J connectivity index is 1.36. The lowest BCUT2D eigenvalue weighted by Gasteiger charge is -2.32. The Kier molecular flexibility index (Phi) is 5.55. The molecule has 0 saturated carbocycles. The number of halogens is 1. The number of carbonyl (C=O) groups is 1. The highest BCUT2D eigenvalue weighted by molar-refractivity contribution is 7.13. The molecule has 1 unspecified atom stereocenters. The van der Waals surface area contributed by atoms with E-state index in [9.17, 15) is 4.79 Å². The second-order valence-corrected chi connectivity index (χ2v) is 8.13. The molecule has 0 radical (unpaired) electrons. The van der Waals surface area contributed by atoms with Crippen molar-refractivity contribution in [2.75, 3.05) is 39.3 Å². The van der Waals surface area contributed by atoms with E-state index in [-0.39, 0.29) is 5.91 Å². The Morgan fingerprint density at radius 2 is 2.08 bits per heavy atom. The summed E-state index contributed by atoms with van der Waals surface area (Å²) in [4.78, 5) is 21.8. The van der Waals surface area contributed by atoms with Crippen LogP contribution in [-0.2, 0) is 11.2 Å². The molecule has 26 heavy (non-hydrogen) atoms. The Bertz CT molecular complexity index is 774. The zero-order chi connectivity index (χ0) is 17.9. The molecule has 0 bridgehead atoms. The Morgan fingerprint density at radius 3 is 2.88 bits per heavy atom. The quantitative estimate of drug-likeness (QED) is 0.871. The second kappa shape index (κ2) is 8.05. The number of nitrogens with zero attached hydrogens (tertiary/aromatic N) is 3. The topological polar surface area (TPSA) is 48.5 Å². The highest BCUT2D eigenvalue weighted by atomic mass is 35.5. The molecule has 1 atom stereocenters. The van der Waals surface area contributed by atoms with Crippen molar-refractivity contribution in [3.63, 3.8) is 0 Å². The molecule has 1 amide bonds. The molecule has 2 aliphatic heterocycles. The van der Waals surface area contributed by atoms with Gasteiger partial charge in [0, 0.05) is 56.3 Å². The zero-order valence-corrected chi connectivity index (χ0v) is 16.2. The number of hydrogen-bond acceptors (Lipinski definition) is 5. The molecular weight excluding hydrogens is 368 g/mol. The molecule has 138 valence electrons. The summed E-state index contributed by atoms with van der Waals surface area (Å²) in [5.74, 6) is 0.179. The summed E-state index contributed by atoms with van der Waals surface area (Å²) in [6.07, 6.45) is 1.45. The van der Waals surface area contributed by atoms with Crippen LogP contribution in [0, 0.1) is 0 Å². The molecule has 1 aromatic carbocycles. The van der Waals surface area contributed by atoms with Gasteiger partial charge in [-0.05, 0) is 12.5 Å². The van der Waals surface area contributed by atoms with Crippen molar-refractivity contribution in [2.45, 2.75) is 18.9 Å². The number of amides is 1. The van der Waals surface area contributed by atoms with Gasteiger partial charge in [-0.15, -0.1) is 11.3 Å². The third-order valence-electron chi connectivity index (χ3n) is 5.17. The van der Waals surface area contributed by atoms with E-state index in [0.29, 0.717) is 17.5 Å². The van der Waals surface area contributed by atoms with Crippen molar-refractivity contribution >= 4 is 28.8 Å². The van der Waals surface area contributed by atoms with Gasteiger partial charge in [0.05, 0.1) is 17.1 Å². The predicted octanol–water partition coefficient (Wildman–Crippen LogP) is 2.51. The lowest BCUT2D eigenvalue weighted by atomic mass is 10.2. The molecule has 2 fully saturated rings. The van der Waals surface area contributed by atoms with Gasteiger partial charge in [0.15, 0.2) is 0 Å². The first-order chi connectivity index (χ1) is 12.7. The standard InChI is InChI=1S/C19H23ClN4OS/c20-17-4-2-1-3-16(17)19-22-14(13-26-19)11-18(25)24-8-5-15(12-24)23-9-6-21-7-10-23/h1-4,13,15,21H,5-12H2. The van der Waals surface area contributed by atoms with Crippen LogP contribution in [0.4, 0.5) is 0 Å². The predicted molar refractivity (Wildman–Crippen MR) is 106 cm³/mol.